The maximum atomic E-state index is 5.63. The molecular formula is C12H21N3O. The van der Waals surface area contributed by atoms with E-state index in [0.717, 1.165) is 24.7 Å². The summed E-state index contributed by atoms with van der Waals surface area (Å²) < 4.78 is 5.08. The van der Waals surface area contributed by atoms with Crippen LogP contribution >= 0.6 is 0 Å². The molecule has 4 heteroatoms. The molecule has 0 radical (unpaired) electrons. The van der Waals surface area contributed by atoms with Gasteiger partial charge in [-0.25, -0.2) is 4.98 Å². The van der Waals surface area contributed by atoms with Crippen molar-refractivity contribution in [2.24, 2.45) is 11.7 Å². The fourth-order valence-electron chi connectivity index (χ4n) is 1.52. The van der Waals surface area contributed by atoms with Gasteiger partial charge in [-0.3, -0.25) is 0 Å². The van der Waals surface area contributed by atoms with Gasteiger partial charge in [-0.1, -0.05) is 6.92 Å². The van der Waals surface area contributed by atoms with Crippen LogP contribution in [-0.4, -0.2) is 31.7 Å². The first-order valence-electron chi connectivity index (χ1n) is 5.66. The zero-order valence-corrected chi connectivity index (χ0v) is 10.3. The molecule has 0 aromatic carbocycles. The maximum absolute atomic E-state index is 5.63. The first kappa shape index (κ1) is 12.8. The smallest absolute Gasteiger partial charge is 0.137 e. The molecule has 2 N–H and O–H groups in total. The topological polar surface area (TPSA) is 51.4 Å². The number of aromatic nitrogens is 1. The summed E-state index contributed by atoms with van der Waals surface area (Å²) in [6.07, 6.45) is 1.74. The van der Waals surface area contributed by atoms with E-state index in [9.17, 15) is 0 Å². The summed E-state index contributed by atoms with van der Waals surface area (Å²) in [4.78, 5) is 6.59. The number of hydrogen-bond acceptors (Lipinski definition) is 4. The quantitative estimate of drug-likeness (QED) is 0.794. The second-order valence-electron chi connectivity index (χ2n) is 3.94. The average Bonchev–Trinajstić information content (AvgIpc) is 2.35. The molecule has 0 saturated heterocycles. The first-order chi connectivity index (χ1) is 7.71. The van der Waals surface area contributed by atoms with Gasteiger partial charge in [0, 0.05) is 13.1 Å². The Hall–Kier alpha value is -1.29. The number of nitrogens with zero attached hydrogens (tertiary/aromatic N) is 2. The molecule has 0 aliphatic heterocycles. The molecule has 16 heavy (non-hydrogen) atoms. The number of anilines is 1. The van der Waals surface area contributed by atoms with Gasteiger partial charge in [0.05, 0.1) is 13.3 Å². The molecule has 0 spiro atoms. The molecule has 90 valence electrons. The van der Waals surface area contributed by atoms with Crippen molar-refractivity contribution in [3.05, 3.63) is 18.3 Å². The van der Waals surface area contributed by atoms with Gasteiger partial charge in [0.15, 0.2) is 0 Å². The van der Waals surface area contributed by atoms with E-state index in [-0.39, 0.29) is 0 Å². The summed E-state index contributed by atoms with van der Waals surface area (Å²) in [6.45, 7) is 6.84. The lowest BCUT2D eigenvalue weighted by molar-refractivity contribution is 0.413. The van der Waals surface area contributed by atoms with Crippen molar-refractivity contribution in [2.75, 3.05) is 31.6 Å². The molecule has 1 aromatic heterocycles. The molecule has 1 atom stereocenters. The number of methoxy groups -OCH3 is 1. The van der Waals surface area contributed by atoms with E-state index in [2.05, 4.69) is 23.7 Å². The number of nitrogens with two attached hydrogens (primary N) is 1. The van der Waals surface area contributed by atoms with Gasteiger partial charge in [0.25, 0.3) is 0 Å². The normalized spacial score (nSPS) is 12.2. The summed E-state index contributed by atoms with van der Waals surface area (Å²) in [5.41, 5.74) is 5.63. The van der Waals surface area contributed by atoms with Crippen LogP contribution in [0.3, 0.4) is 0 Å². The van der Waals surface area contributed by atoms with Crippen LogP contribution in [0.1, 0.15) is 13.8 Å². The molecule has 0 bridgehead atoms. The Labute approximate surface area is 97.4 Å². The summed E-state index contributed by atoms with van der Waals surface area (Å²) >= 11 is 0. The fourth-order valence-corrected chi connectivity index (χ4v) is 1.52. The maximum Gasteiger partial charge on any atom is 0.137 e. The van der Waals surface area contributed by atoms with Crippen molar-refractivity contribution >= 4 is 5.82 Å². The average molecular weight is 223 g/mol. The number of pyridine rings is 1. The Morgan fingerprint density at radius 1 is 1.50 bits per heavy atom. The van der Waals surface area contributed by atoms with Crippen LogP contribution in [0.5, 0.6) is 5.75 Å². The van der Waals surface area contributed by atoms with Crippen molar-refractivity contribution in [1.82, 2.24) is 4.98 Å². The molecule has 0 aliphatic rings. The predicted octanol–water partition coefficient (Wildman–Crippen LogP) is 1.51. The van der Waals surface area contributed by atoms with Crippen LogP contribution in [-0.2, 0) is 0 Å². The van der Waals surface area contributed by atoms with E-state index >= 15 is 0 Å². The van der Waals surface area contributed by atoms with E-state index in [1.807, 2.05) is 12.1 Å². The van der Waals surface area contributed by atoms with Crippen molar-refractivity contribution in [3.63, 3.8) is 0 Å². The lowest BCUT2D eigenvalue weighted by Gasteiger charge is -2.24. The molecule has 0 aliphatic carbocycles. The molecule has 1 heterocycles. The molecule has 1 aromatic rings. The molecule has 1 rings (SSSR count). The van der Waals surface area contributed by atoms with Crippen molar-refractivity contribution in [3.8, 4) is 5.75 Å². The van der Waals surface area contributed by atoms with Crippen molar-refractivity contribution in [2.45, 2.75) is 13.8 Å². The minimum Gasteiger partial charge on any atom is -0.495 e. The highest BCUT2D eigenvalue weighted by Gasteiger charge is 2.09. The highest BCUT2D eigenvalue weighted by atomic mass is 16.5. The second kappa shape index (κ2) is 6.33. The highest BCUT2D eigenvalue weighted by Crippen LogP contribution is 2.16. The molecular weight excluding hydrogens is 202 g/mol. The second-order valence-corrected chi connectivity index (χ2v) is 3.94. The van der Waals surface area contributed by atoms with Crippen LogP contribution in [0.15, 0.2) is 18.3 Å². The number of ether oxygens (including phenoxy) is 1. The third kappa shape index (κ3) is 3.38. The number of rotatable bonds is 6. The Morgan fingerprint density at radius 2 is 2.25 bits per heavy atom. The third-order valence-corrected chi connectivity index (χ3v) is 2.60. The number of hydrogen-bond donors (Lipinski definition) is 1. The summed E-state index contributed by atoms with van der Waals surface area (Å²) in [5, 5.41) is 0. The molecule has 1 unspecified atom stereocenters. The van der Waals surface area contributed by atoms with Gasteiger partial charge in [-0.05, 0) is 31.5 Å². The van der Waals surface area contributed by atoms with E-state index in [1.165, 1.54) is 0 Å². The highest BCUT2D eigenvalue weighted by molar-refractivity contribution is 5.40. The minimum atomic E-state index is 0.476. The fraction of sp³-hybridized carbons (Fsp3) is 0.583. The Bertz CT molecular complexity index is 300. The largest absolute Gasteiger partial charge is 0.495 e. The van der Waals surface area contributed by atoms with Gasteiger partial charge in [0.2, 0.25) is 0 Å². The van der Waals surface area contributed by atoms with E-state index < -0.39 is 0 Å². The lowest BCUT2D eigenvalue weighted by Crippen LogP contribution is -2.31. The van der Waals surface area contributed by atoms with Gasteiger partial charge in [-0.15, -0.1) is 0 Å². The summed E-state index contributed by atoms with van der Waals surface area (Å²) in [7, 11) is 1.64. The Morgan fingerprint density at radius 3 is 2.69 bits per heavy atom. The van der Waals surface area contributed by atoms with E-state index in [1.54, 1.807) is 13.3 Å². The van der Waals surface area contributed by atoms with Crippen molar-refractivity contribution in [1.29, 1.82) is 0 Å². The standard InChI is InChI=1S/C12H21N3O/c1-4-15(9-10(2)7-13)12-6-5-11(16-3)8-14-12/h5-6,8,10H,4,7,9,13H2,1-3H3. The SMILES string of the molecule is CCN(CC(C)CN)c1ccc(OC)cn1. The summed E-state index contributed by atoms with van der Waals surface area (Å²) in [5.74, 6) is 2.24. The molecule has 0 amide bonds. The van der Waals surface area contributed by atoms with Crippen LogP contribution in [0, 0.1) is 5.92 Å². The van der Waals surface area contributed by atoms with Crippen LogP contribution in [0.25, 0.3) is 0 Å². The Kier molecular flexibility index (Phi) is 5.05. The van der Waals surface area contributed by atoms with Crippen molar-refractivity contribution < 1.29 is 4.74 Å². The third-order valence-electron chi connectivity index (χ3n) is 2.60. The zero-order chi connectivity index (χ0) is 12.0. The van der Waals surface area contributed by atoms with Gasteiger partial charge < -0.3 is 15.4 Å². The van der Waals surface area contributed by atoms with Crippen LogP contribution in [0.2, 0.25) is 0 Å². The predicted molar refractivity (Wildman–Crippen MR) is 66.9 cm³/mol. The van der Waals surface area contributed by atoms with Gasteiger partial charge >= 0.3 is 0 Å². The van der Waals surface area contributed by atoms with Crippen LogP contribution < -0.4 is 15.4 Å². The molecule has 0 fully saturated rings. The van der Waals surface area contributed by atoms with Gasteiger partial charge in [0.1, 0.15) is 11.6 Å². The summed E-state index contributed by atoms with van der Waals surface area (Å²) in [6, 6.07) is 3.91. The van der Waals surface area contributed by atoms with E-state index in [0.29, 0.717) is 12.5 Å². The van der Waals surface area contributed by atoms with Gasteiger partial charge in [-0.2, -0.15) is 0 Å². The lowest BCUT2D eigenvalue weighted by atomic mass is 10.1. The zero-order valence-electron chi connectivity index (χ0n) is 10.3. The Balaban J connectivity index is 2.70. The molecule has 4 nitrogen and oxygen atoms in total. The monoisotopic (exact) mass is 223 g/mol. The van der Waals surface area contributed by atoms with Crippen LogP contribution in [0.4, 0.5) is 5.82 Å². The molecule has 0 saturated carbocycles. The van der Waals surface area contributed by atoms with E-state index in [4.69, 9.17) is 10.5 Å². The minimum absolute atomic E-state index is 0.476. The first-order valence-corrected chi connectivity index (χ1v) is 5.66.